The molecule has 1 aromatic heterocycles. The van der Waals surface area contributed by atoms with E-state index in [1.807, 2.05) is 0 Å². The normalized spacial score (nSPS) is 25.3. The fraction of sp³-hybridized carbons (Fsp3) is 0.556. The summed E-state index contributed by atoms with van der Waals surface area (Å²) in [5.41, 5.74) is 3.03. The molecular weight excluding hydrogens is 288 g/mol. The molecule has 1 saturated heterocycles. The SMILES string of the molecule is CCn1cnnc1[C@@H]1CN([C@@H]2CCCc3ccccc32)CCO1. The van der Waals surface area contributed by atoms with Gasteiger partial charge in [-0.15, -0.1) is 10.2 Å². The Hall–Kier alpha value is -1.72. The van der Waals surface area contributed by atoms with Crippen LogP contribution in [-0.4, -0.2) is 39.4 Å². The zero-order chi connectivity index (χ0) is 15.6. The number of ether oxygens (including phenoxy) is 1. The molecule has 2 aliphatic rings. The molecule has 5 heteroatoms. The Morgan fingerprint density at radius 1 is 1.30 bits per heavy atom. The zero-order valence-electron chi connectivity index (χ0n) is 13.7. The van der Waals surface area contributed by atoms with Crippen LogP contribution in [-0.2, 0) is 17.7 Å². The van der Waals surface area contributed by atoms with Gasteiger partial charge in [-0.05, 0) is 37.3 Å². The lowest BCUT2D eigenvalue weighted by atomic mass is 9.86. The number of aryl methyl sites for hydroxylation is 2. The Morgan fingerprint density at radius 2 is 2.22 bits per heavy atom. The van der Waals surface area contributed by atoms with Crippen LogP contribution in [0.2, 0.25) is 0 Å². The molecule has 0 bridgehead atoms. The van der Waals surface area contributed by atoms with E-state index in [9.17, 15) is 0 Å². The molecule has 2 heterocycles. The third-order valence-corrected chi connectivity index (χ3v) is 5.15. The van der Waals surface area contributed by atoms with Crippen LogP contribution in [0.3, 0.4) is 0 Å². The van der Waals surface area contributed by atoms with Gasteiger partial charge in [-0.3, -0.25) is 4.90 Å². The fourth-order valence-electron chi connectivity index (χ4n) is 3.97. The van der Waals surface area contributed by atoms with E-state index in [0.29, 0.717) is 6.04 Å². The summed E-state index contributed by atoms with van der Waals surface area (Å²) in [4.78, 5) is 2.58. The van der Waals surface area contributed by atoms with Crippen molar-refractivity contribution < 1.29 is 4.74 Å². The first kappa shape index (κ1) is 14.8. The Bertz CT molecular complexity index is 669. The second kappa shape index (κ2) is 6.42. The van der Waals surface area contributed by atoms with Crippen molar-refractivity contribution >= 4 is 0 Å². The first-order valence-corrected chi connectivity index (χ1v) is 8.68. The highest BCUT2D eigenvalue weighted by Crippen LogP contribution is 2.36. The highest BCUT2D eigenvalue weighted by atomic mass is 16.5. The topological polar surface area (TPSA) is 43.2 Å². The Balaban J connectivity index is 1.56. The standard InChI is InChI=1S/C18H24N4O/c1-2-21-13-19-20-18(21)17-12-22(10-11-23-17)16-9-5-7-14-6-3-4-8-15(14)16/h3-4,6,8,13,16-17H,2,5,7,9-12H2,1H3/t16-,17+/m1/s1. The van der Waals surface area contributed by atoms with Crippen LogP contribution in [0.5, 0.6) is 0 Å². The number of benzene rings is 1. The van der Waals surface area contributed by atoms with Crippen LogP contribution in [0, 0.1) is 0 Å². The third-order valence-electron chi connectivity index (χ3n) is 5.15. The van der Waals surface area contributed by atoms with Crippen molar-refractivity contribution in [3.05, 3.63) is 47.5 Å². The molecule has 2 aromatic rings. The molecule has 4 rings (SSSR count). The van der Waals surface area contributed by atoms with Gasteiger partial charge in [-0.25, -0.2) is 0 Å². The van der Waals surface area contributed by atoms with Crippen LogP contribution in [0.15, 0.2) is 30.6 Å². The molecule has 2 atom stereocenters. The minimum absolute atomic E-state index is 0.0280. The summed E-state index contributed by atoms with van der Waals surface area (Å²) in [6, 6.07) is 9.44. The van der Waals surface area contributed by atoms with Gasteiger partial charge in [-0.1, -0.05) is 24.3 Å². The second-order valence-corrected chi connectivity index (χ2v) is 6.44. The number of hydrogen-bond acceptors (Lipinski definition) is 4. The molecular formula is C18H24N4O. The second-order valence-electron chi connectivity index (χ2n) is 6.44. The van der Waals surface area contributed by atoms with Crippen molar-refractivity contribution in [1.29, 1.82) is 0 Å². The smallest absolute Gasteiger partial charge is 0.163 e. The summed E-state index contributed by atoms with van der Waals surface area (Å²) in [5, 5.41) is 8.35. The number of fused-ring (bicyclic) bond motifs is 1. The molecule has 5 nitrogen and oxygen atoms in total. The highest BCUT2D eigenvalue weighted by molar-refractivity contribution is 5.32. The summed E-state index contributed by atoms with van der Waals surface area (Å²) in [6.45, 7) is 5.66. The van der Waals surface area contributed by atoms with Crippen molar-refractivity contribution in [3.63, 3.8) is 0 Å². The lowest BCUT2D eigenvalue weighted by Gasteiger charge is -2.40. The van der Waals surface area contributed by atoms with Crippen molar-refractivity contribution in [1.82, 2.24) is 19.7 Å². The fourth-order valence-corrected chi connectivity index (χ4v) is 3.97. The van der Waals surface area contributed by atoms with Crippen LogP contribution >= 0.6 is 0 Å². The maximum atomic E-state index is 6.01. The molecule has 1 aliphatic heterocycles. The minimum Gasteiger partial charge on any atom is -0.368 e. The van der Waals surface area contributed by atoms with E-state index in [1.54, 1.807) is 6.33 Å². The average Bonchev–Trinajstić information content (AvgIpc) is 3.10. The number of hydrogen-bond donors (Lipinski definition) is 0. The molecule has 1 aliphatic carbocycles. The van der Waals surface area contributed by atoms with Gasteiger partial charge in [0.05, 0.1) is 6.61 Å². The molecule has 0 N–H and O–H groups in total. The molecule has 0 saturated carbocycles. The van der Waals surface area contributed by atoms with E-state index < -0.39 is 0 Å². The summed E-state index contributed by atoms with van der Waals surface area (Å²) in [7, 11) is 0. The van der Waals surface area contributed by atoms with E-state index in [1.165, 1.54) is 30.4 Å². The van der Waals surface area contributed by atoms with Crippen molar-refractivity contribution in [2.75, 3.05) is 19.7 Å². The number of rotatable bonds is 3. The van der Waals surface area contributed by atoms with Gasteiger partial charge >= 0.3 is 0 Å². The quantitative estimate of drug-likeness (QED) is 0.874. The van der Waals surface area contributed by atoms with Gasteiger partial charge in [0.2, 0.25) is 0 Å². The largest absolute Gasteiger partial charge is 0.368 e. The summed E-state index contributed by atoms with van der Waals surface area (Å²) in [5.74, 6) is 0.960. The first-order chi connectivity index (χ1) is 11.4. The molecule has 0 radical (unpaired) electrons. The molecule has 1 aromatic carbocycles. The molecule has 1 fully saturated rings. The monoisotopic (exact) mass is 312 g/mol. The maximum Gasteiger partial charge on any atom is 0.163 e. The summed E-state index contributed by atoms with van der Waals surface area (Å²) >= 11 is 0. The zero-order valence-corrected chi connectivity index (χ0v) is 13.7. The van der Waals surface area contributed by atoms with E-state index in [-0.39, 0.29) is 6.10 Å². The molecule has 0 spiro atoms. The first-order valence-electron chi connectivity index (χ1n) is 8.68. The Morgan fingerprint density at radius 3 is 3.13 bits per heavy atom. The van der Waals surface area contributed by atoms with E-state index in [0.717, 1.165) is 32.1 Å². The van der Waals surface area contributed by atoms with Gasteiger partial charge < -0.3 is 9.30 Å². The van der Waals surface area contributed by atoms with E-state index in [4.69, 9.17) is 4.74 Å². The molecule has 0 amide bonds. The van der Waals surface area contributed by atoms with Crippen molar-refractivity contribution in [3.8, 4) is 0 Å². The van der Waals surface area contributed by atoms with Gasteiger partial charge in [0, 0.05) is 25.7 Å². The van der Waals surface area contributed by atoms with Gasteiger partial charge in [0.15, 0.2) is 5.82 Å². The molecule has 122 valence electrons. The van der Waals surface area contributed by atoms with Gasteiger partial charge in [0.25, 0.3) is 0 Å². The summed E-state index contributed by atoms with van der Waals surface area (Å²) in [6.07, 6.45) is 5.55. The predicted octanol–water partition coefficient (Wildman–Crippen LogP) is 2.75. The average molecular weight is 312 g/mol. The molecule has 23 heavy (non-hydrogen) atoms. The number of aromatic nitrogens is 3. The molecule has 0 unspecified atom stereocenters. The summed E-state index contributed by atoms with van der Waals surface area (Å²) < 4.78 is 8.10. The Labute approximate surface area is 137 Å². The third kappa shape index (κ3) is 2.79. The lowest BCUT2D eigenvalue weighted by molar-refractivity contribution is -0.0532. The van der Waals surface area contributed by atoms with Crippen molar-refractivity contribution in [2.45, 2.75) is 44.9 Å². The van der Waals surface area contributed by atoms with E-state index in [2.05, 4.69) is 50.9 Å². The van der Waals surface area contributed by atoms with Crippen LogP contribution in [0.4, 0.5) is 0 Å². The minimum atomic E-state index is 0.0280. The van der Waals surface area contributed by atoms with Crippen molar-refractivity contribution in [2.24, 2.45) is 0 Å². The van der Waals surface area contributed by atoms with E-state index >= 15 is 0 Å². The van der Waals surface area contributed by atoms with Gasteiger partial charge in [-0.2, -0.15) is 0 Å². The maximum absolute atomic E-state index is 6.01. The highest BCUT2D eigenvalue weighted by Gasteiger charge is 2.32. The Kier molecular flexibility index (Phi) is 4.14. The van der Waals surface area contributed by atoms with Crippen LogP contribution in [0.1, 0.15) is 48.9 Å². The lowest BCUT2D eigenvalue weighted by Crippen LogP contribution is -2.42. The number of morpholine rings is 1. The van der Waals surface area contributed by atoms with Crippen LogP contribution < -0.4 is 0 Å². The van der Waals surface area contributed by atoms with Crippen LogP contribution in [0.25, 0.3) is 0 Å². The van der Waals surface area contributed by atoms with Gasteiger partial charge in [0.1, 0.15) is 12.4 Å². The number of nitrogens with zero attached hydrogens (tertiary/aromatic N) is 4. The predicted molar refractivity (Wildman–Crippen MR) is 88.1 cm³/mol.